The molecule has 0 fully saturated rings. The Morgan fingerprint density at radius 1 is 1.14 bits per heavy atom. The highest BCUT2D eigenvalue weighted by atomic mass is 16.5. The zero-order valence-corrected chi connectivity index (χ0v) is 8.73. The quantitative estimate of drug-likeness (QED) is 0.658. The standard InChI is InChI=1S/C13H16O/c1-10-11(2)14-9-8-13(10)12-6-4-3-5-7-12/h3-8,10-11H,9H2,1-2H3/t10-,11+/m1/s1. The highest BCUT2D eigenvalue weighted by Crippen LogP contribution is 2.29. The maximum atomic E-state index is 5.57. The van der Waals surface area contributed by atoms with Gasteiger partial charge < -0.3 is 4.74 Å². The molecule has 74 valence electrons. The molecular weight excluding hydrogens is 172 g/mol. The lowest BCUT2D eigenvalue weighted by Crippen LogP contribution is -2.23. The smallest absolute Gasteiger partial charge is 0.0657 e. The summed E-state index contributed by atoms with van der Waals surface area (Å²) in [5.74, 6) is 0.492. The zero-order valence-electron chi connectivity index (χ0n) is 8.73. The lowest BCUT2D eigenvalue weighted by Gasteiger charge is -2.27. The molecular formula is C13H16O. The Morgan fingerprint density at radius 3 is 2.57 bits per heavy atom. The lowest BCUT2D eigenvalue weighted by molar-refractivity contribution is 0.0568. The minimum absolute atomic E-state index is 0.329. The largest absolute Gasteiger partial charge is 0.374 e. The first-order chi connectivity index (χ1) is 6.79. The second-order valence-corrected chi connectivity index (χ2v) is 3.85. The van der Waals surface area contributed by atoms with Crippen LogP contribution in [0.25, 0.3) is 5.57 Å². The van der Waals surface area contributed by atoms with E-state index in [1.54, 1.807) is 0 Å². The fourth-order valence-corrected chi connectivity index (χ4v) is 1.88. The normalized spacial score (nSPS) is 27.1. The van der Waals surface area contributed by atoms with Crippen molar-refractivity contribution in [3.05, 3.63) is 42.0 Å². The van der Waals surface area contributed by atoms with E-state index in [2.05, 4.69) is 50.3 Å². The minimum Gasteiger partial charge on any atom is -0.374 e. The molecule has 1 nitrogen and oxygen atoms in total. The van der Waals surface area contributed by atoms with Crippen molar-refractivity contribution in [3.63, 3.8) is 0 Å². The molecule has 0 aromatic heterocycles. The van der Waals surface area contributed by atoms with Crippen LogP contribution in [0.1, 0.15) is 19.4 Å². The van der Waals surface area contributed by atoms with Crippen LogP contribution in [0.4, 0.5) is 0 Å². The number of benzene rings is 1. The first-order valence-electron chi connectivity index (χ1n) is 5.16. The number of rotatable bonds is 1. The van der Waals surface area contributed by atoms with Crippen molar-refractivity contribution >= 4 is 5.57 Å². The van der Waals surface area contributed by atoms with Crippen molar-refractivity contribution < 1.29 is 4.74 Å². The maximum absolute atomic E-state index is 5.57. The molecule has 0 N–H and O–H groups in total. The SMILES string of the molecule is C[C@@H]1OCC=C(c2ccccc2)[C@@H]1C. The van der Waals surface area contributed by atoms with Gasteiger partial charge in [0.05, 0.1) is 12.7 Å². The number of ether oxygens (including phenoxy) is 1. The van der Waals surface area contributed by atoms with Crippen molar-refractivity contribution in [1.82, 2.24) is 0 Å². The Balaban J connectivity index is 2.30. The molecule has 1 aliphatic heterocycles. The first kappa shape index (κ1) is 9.47. The van der Waals surface area contributed by atoms with Gasteiger partial charge in [0, 0.05) is 5.92 Å². The molecule has 0 bridgehead atoms. The molecule has 0 aliphatic carbocycles. The van der Waals surface area contributed by atoms with E-state index in [0.29, 0.717) is 12.0 Å². The minimum atomic E-state index is 0.329. The second-order valence-electron chi connectivity index (χ2n) is 3.85. The molecule has 0 unspecified atom stereocenters. The van der Waals surface area contributed by atoms with Crippen LogP contribution >= 0.6 is 0 Å². The van der Waals surface area contributed by atoms with Gasteiger partial charge in [-0.15, -0.1) is 0 Å². The predicted octanol–water partition coefficient (Wildman–Crippen LogP) is 3.12. The molecule has 0 amide bonds. The van der Waals surface area contributed by atoms with Crippen LogP contribution in [0.5, 0.6) is 0 Å². The van der Waals surface area contributed by atoms with E-state index in [-0.39, 0.29) is 0 Å². The summed E-state index contributed by atoms with van der Waals surface area (Å²) in [4.78, 5) is 0. The van der Waals surface area contributed by atoms with Crippen molar-refractivity contribution in [1.29, 1.82) is 0 Å². The van der Waals surface area contributed by atoms with Crippen LogP contribution in [-0.4, -0.2) is 12.7 Å². The molecule has 0 spiro atoms. The van der Waals surface area contributed by atoms with Gasteiger partial charge in [-0.05, 0) is 18.1 Å². The molecule has 14 heavy (non-hydrogen) atoms. The van der Waals surface area contributed by atoms with Crippen molar-refractivity contribution in [2.45, 2.75) is 20.0 Å². The third kappa shape index (κ3) is 1.73. The van der Waals surface area contributed by atoms with Crippen molar-refractivity contribution in [2.75, 3.05) is 6.61 Å². The van der Waals surface area contributed by atoms with Gasteiger partial charge in [0.15, 0.2) is 0 Å². The van der Waals surface area contributed by atoms with E-state index in [9.17, 15) is 0 Å². The average Bonchev–Trinajstić information content (AvgIpc) is 2.23. The second kappa shape index (κ2) is 3.97. The topological polar surface area (TPSA) is 9.23 Å². The van der Waals surface area contributed by atoms with E-state index in [1.165, 1.54) is 11.1 Å². The van der Waals surface area contributed by atoms with Gasteiger partial charge in [0.1, 0.15) is 0 Å². The van der Waals surface area contributed by atoms with Gasteiger partial charge >= 0.3 is 0 Å². The van der Waals surface area contributed by atoms with Gasteiger partial charge in [-0.1, -0.05) is 43.3 Å². The van der Waals surface area contributed by atoms with Crippen LogP contribution in [-0.2, 0) is 4.74 Å². The van der Waals surface area contributed by atoms with E-state index < -0.39 is 0 Å². The van der Waals surface area contributed by atoms with Crippen LogP contribution in [0.15, 0.2) is 36.4 Å². The summed E-state index contributed by atoms with van der Waals surface area (Å²) in [6.45, 7) is 5.11. The lowest BCUT2D eigenvalue weighted by atomic mass is 9.88. The van der Waals surface area contributed by atoms with E-state index in [1.807, 2.05) is 0 Å². The van der Waals surface area contributed by atoms with Crippen LogP contribution < -0.4 is 0 Å². The highest BCUT2D eigenvalue weighted by Gasteiger charge is 2.21. The molecule has 1 aromatic rings. The van der Waals surface area contributed by atoms with Crippen LogP contribution in [0, 0.1) is 5.92 Å². The average molecular weight is 188 g/mol. The molecule has 1 heteroatoms. The molecule has 1 aliphatic rings. The summed E-state index contributed by atoms with van der Waals surface area (Å²) in [5, 5.41) is 0. The van der Waals surface area contributed by atoms with E-state index in [4.69, 9.17) is 4.74 Å². The Morgan fingerprint density at radius 2 is 1.86 bits per heavy atom. The predicted molar refractivity (Wildman–Crippen MR) is 59.0 cm³/mol. The Labute approximate surface area is 85.4 Å². The van der Waals surface area contributed by atoms with Gasteiger partial charge in [0.2, 0.25) is 0 Å². The molecule has 1 heterocycles. The summed E-state index contributed by atoms with van der Waals surface area (Å²) in [7, 11) is 0. The Hall–Kier alpha value is -1.08. The van der Waals surface area contributed by atoms with Crippen LogP contribution in [0.2, 0.25) is 0 Å². The fourth-order valence-electron chi connectivity index (χ4n) is 1.88. The summed E-state index contributed by atoms with van der Waals surface area (Å²) in [5.41, 5.74) is 2.75. The van der Waals surface area contributed by atoms with Crippen molar-refractivity contribution in [2.24, 2.45) is 5.92 Å². The van der Waals surface area contributed by atoms with E-state index >= 15 is 0 Å². The molecule has 1 aromatic carbocycles. The third-order valence-electron chi connectivity index (χ3n) is 2.96. The number of hydrogen-bond acceptors (Lipinski definition) is 1. The van der Waals surface area contributed by atoms with E-state index in [0.717, 1.165) is 6.61 Å². The molecule has 0 saturated carbocycles. The summed E-state index contributed by atoms with van der Waals surface area (Å²) in [6.07, 6.45) is 2.52. The molecule has 2 rings (SSSR count). The highest BCUT2D eigenvalue weighted by molar-refractivity contribution is 5.68. The first-order valence-corrected chi connectivity index (χ1v) is 5.16. The van der Waals surface area contributed by atoms with Gasteiger partial charge in [-0.2, -0.15) is 0 Å². The van der Waals surface area contributed by atoms with Gasteiger partial charge in [0.25, 0.3) is 0 Å². The zero-order chi connectivity index (χ0) is 9.97. The number of hydrogen-bond donors (Lipinski definition) is 0. The van der Waals surface area contributed by atoms with Gasteiger partial charge in [-0.3, -0.25) is 0 Å². The monoisotopic (exact) mass is 188 g/mol. The maximum Gasteiger partial charge on any atom is 0.0657 e. The summed E-state index contributed by atoms with van der Waals surface area (Å²) < 4.78 is 5.57. The summed E-state index contributed by atoms with van der Waals surface area (Å²) in [6, 6.07) is 10.6. The van der Waals surface area contributed by atoms with Gasteiger partial charge in [-0.25, -0.2) is 0 Å². The van der Waals surface area contributed by atoms with Crippen LogP contribution in [0.3, 0.4) is 0 Å². The Kier molecular flexibility index (Phi) is 2.69. The Bertz CT molecular complexity index is 326. The van der Waals surface area contributed by atoms with Crippen molar-refractivity contribution in [3.8, 4) is 0 Å². The molecule has 2 atom stereocenters. The molecule has 0 saturated heterocycles. The summed E-state index contributed by atoms with van der Waals surface area (Å²) >= 11 is 0. The molecule has 0 radical (unpaired) electrons. The third-order valence-corrected chi connectivity index (χ3v) is 2.96. The fraction of sp³-hybridized carbons (Fsp3) is 0.385.